The molecular weight excluding hydrogens is 375 g/mol. The Hall–Kier alpha value is -3.40. The average Bonchev–Trinajstić information content (AvgIpc) is 3.24. The minimum Gasteiger partial charge on any atom is -0.382 e. The lowest BCUT2D eigenvalue weighted by atomic mass is 9.98. The number of fused-ring (bicyclic) bond motifs is 1. The van der Waals surface area contributed by atoms with E-state index in [4.69, 9.17) is 5.73 Å². The summed E-state index contributed by atoms with van der Waals surface area (Å²) < 4.78 is 41.0. The molecule has 7 nitrogen and oxygen atoms in total. The molecule has 0 bridgehead atoms. The molecule has 2 aromatic carbocycles. The predicted octanol–water partition coefficient (Wildman–Crippen LogP) is 2.65. The van der Waals surface area contributed by atoms with Gasteiger partial charge >= 0.3 is 6.18 Å². The minimum atomic E-state index is -5.14. The monoisotopic (exact) mass is 389 g/mol. The van der Waals surface area contributed by atoms with Gasteiger partial charge in [0.25, 0.3) is 11.6 Å². The van der Waals surface area contributed by atoms with E-state index >= 15 is 0 Å². The second-order valence-corrected chi connectivity index (χ2v) is 6.38. The van der Waals surface area contributed by atoms with Gasteiger partial charge < -0.3 is 15.8 Å². The molecule has 28 heavy (non-hydrogen) atoms. The van der Waals surface area contributed by atoms with Gasteiger partial charge in [0.15, 0.2) is 5.82 Å². The molecule has 1 aromatic heterocycles. The summed E-state index contributed by atoms with van der Waals surface area (Å²) in [6.07, 6.45) is -4.98. The molecule has 0 saturated heterocycles. The molecule has 10 heteroatoms. The average molecular weight is 389 g/mol. The number of benzene rings is 2. The number of H-pyrrole nitrogens is 1. The van der Waals surface area contributed by atoms with E-state index in [1.807, 2.05) is 12.1 Å². The maximum Gasteiger partial charge on any atom is 0.438 e. The van der Waals surface area contributed by atoms with Gasteiger partial charge in [-0.3, -0.25) is 4.79 Å². The smallest absolute Gasteiger partial charge is 0.382 e. The Morgan fingerprint density at radius 1 is 1.21 bits per heavy atom. The fourth-order valence-electron chi connectivity index (χ4n) is 3.09. The van der Waals surface area contributed by atoms with Gasteiger partial charge in [-0.25, -0.2) is 4.98 Å². The molecule has 0 saturated carbocycles. The lowest BCUT2D eigenvalue weighted by Crippen LogP contribution is -2.56. The van der Waals surface area contributed by atoms with Crippen LogP contribution in [0.25, 0.3) is 10.8 Å². The van der Waals surface area contributed by atoms with Crippen LogP contribution >= 0.6 is 0 Å². The number of aliphatic hydroxyl groups is 1. The van der Waals surface area contributed by atoms with Gasteiger partial charge in [-0.1, -0.05) is 36.4 Å². The Balaban J connectivity index is 1.80. The van der Waals surface area contributed by atoms with Crippen LogP contribution in [0.4, 0.5) is 19.0 Å². The van der Waals surface area contributed by atoms with Crippen LogP contribution in [0.1, 0.15) is 22.5 Å². The third-order valence-corrected chi connectivity index (χ3v) is 4.60. The van der Waals surface area contributed by atoms with E-state index < -0.39 is 24.2 Å². The van der Waals surface area contributed by atoms with Crippen LogP contribution in [0.15, 0.2) is 53.9 Å². The molecule has 0 fully saturated rings. The Morgan fingerprint density at radius 3 is 2.57 bits per heavy atom. The number of rotatable bonds is 2. The largest absolute Gasteiger partial charge is 0.438 e. The highest BCUT2D eigenvalue weighted by Crippen LogP contribution is 2.42. The number of imidazole rings is 1. The van der Waals surface area contributed by atoms with Crippen molar-refractivity contribution in [1.82, 2.24) is 15.0 Å². The van der Waals surface area contributed by atoms with Crippen molar-refractivity contribution in [3.8, 4) is 0 Å². The summed E-state index contributed by atoms with van der Waals surface area (Å²) in [7, 11) is 0. The Labute approximate surface area is 156 Å². The molecule has 1 atom stereocenters. The van der Waals surface area contributed by atoms with Crippen LogP contribution in [-0.4, -0.2) is 43.6 Å². The van der Waals surface area contributed by atoms with Crippen molar-refractivity contribution >= 4 is 28.2 Å². The van der Waals surface area contributed by atoms with Crippen LogP contribution in [-0.2, 0) is 0 Å². The number of nitrogens with zero attached hydrogens (tertiary/aromatic N) is 3. The number of halogens is 3. The molecule has 2 heterocycles. The summed E-state index contributed by atoms with van der Waals surface area (Å²) >= 11 is 0. The molecule has 1 aliphatic heterocycles. The van der Waals surface area contributed by atoms with Crippen molar-refractivity contribution in [2.24, 2.45) is 5.10 Å². The third kappa shape index (κ3) is 2.69. The first-order valence-corrected chi connectivity index (χ1v) is 8.20. The van der Waals surface area contributed by atoms with Crippen LogP contribution < -0.4 is 5.73 Å². The van der Waals surface area contributed by atoms with Crippen LogP contribution in [0.3, 0.4) is 0 Å². The number of alkyl halides is 3. The molecule has 4 N–H and O–H groups in total. The zero-order valence-corrected chi connectivity index (χ0v) is 14.2. The minimum absolute atomic E-state index is 0.0153. The number of aromatic amines is 1. The molecule has 1 amide bonds. The second-order valence-electron chi connectivity index (χ2n) is 6.38. The number of hydrazone groups is 1. The molecule has 0 unspecified atom stereocenters. The van der Waals surface area contributed by atoms with Crippen molar-refractivity contribution in [2.75, 3.05) is 5.73 Å². The lowest BCUT2D eigenvalue weighted by molar-refractivity contribution is -0.297. The topological polar surface area (TPSA) is 108 Å². The fourth-order valence-corrected chi connectivity index (χ4v) is 3.09. The van der Waals surface area contributed by atoms with E-state index in [1.165, 1.54) is 0 Å². The number of carbonyl (C=O) groups is 1. The standard InChI is InChI=1S/C18H14F3N5O2/c19-18(20,21)17(28)8-13(12-6-5-10-3-1-2-4-11(10)7-12)25-26(17)16(27)14-15(22)24-9-23-14/h1-7,9,28H,8,22H2,(H,23,24)/t17-/m0/s1. The molecule has 3 aromatic rings. The maximum atomic E-state index is 13.7. The van der Waals surface area contributed by atoms with Gasteiger partial charge in [0.2, 0.25) is 0 Å². The van der Waals surface area contributed by atoms with E-state index in [0.717, 1.165) is 17.1 Å². The molecule has 1 aliphatic rings. The number of nitrogens with two attached hydrogens (primary N) is 1. The van der Waals surface area contributed by atoms with Gasteiger partial charge in [0, 0.05) is 0 Å². The summed E-state index contributed by atoms with van der Waals surface area (Å²) in [5.74, 6) is -1.52. The predicted molar refractivity (Wildman–Crippen MR) is 95.3 cm³/mol. The number of amides is 1. The first-order chi connectivity index (χ1) is 13.2. The number of nitrogen functional groups attached to an aromatic ring is 1. The Morgan fingerprint density at radius 2 is 1.93 bits per heavy atom. The van der Waals surface area contributed by atoms with E-state index in [9.17, 15) is 23.1 Å². The normalized spacial score (nSPS) is 19.9. The SMILES string of the molecule is Nc1nc[nH]c1C(=O)N1N=C(c2ccc3ccccc3c2)C[C@]1(O)C(F)(F)F. The van der Waals surface area contributed by atoms with Crippen molar-refractivity contribution < 1.29 is 23.1 Å². The maximum absolute atomic E-state index is 13.7. The van der Waals surface area contributed by atoms with Gasteiger partial charge in [0.1, 0.15) is 5.69 Å². The summed E-state index contributed by atoms with van der Waals surface area (Å²) in [6, 6.07) is 12.3. The van der Waals surface area contributed by atoms with Crippen LogP contribution in [0.2, 0.25) is 0 Å². The third-order valence-electron chi connectivity index (χ3n) is 4.60. The van der Waals surface area contributed by atoms with Crippen molar-refractivity contribution in [3.63, 3.8) is 0 Å². The highest BCUT2D eigenvalue weighted by Gasteiger charge is 2.63. The van der Waals surface area contributed by atoms with E-state index in [1.54, 1.807) is 30.3 Å². The summed E-state index contributed by atoms with van der Waals surface area (Å²) in [5, 5.41) is 15.9. The van der Waals surface area contributed by atoms with Gasteiger partial charge in [0.05, 0.1) is 18.5 Å². The van der Waals surface area contributed by atoms with Gasteiger partial charge in [-0.05, 0) is 22.4 Å². The first-order valence-electron chi connectivity index (χ1n) is 8.20. The van der Waals surface area contributed by atoms with Gasteiger partial charge in [-0.2, -0.15) is 23.3 Å². The number of nitrogens with one attached hydrogen (secondary N) is 1. The number of anilines is 1. The van der Waals surface area contributed by atoms with E-state index in [2.05, 4.69) is 15.1 Å². The molecule has 4 rings (SSSR count). The zero-order valence-electron chi connectivity index (χ0n) is 14.2. The fraction of sp³-hybridized carbons (Fsp3) is 0.167. The van der Waals surface area contributed by atoms with Gasteiger partial charge in [-0.15, -0.1) is 0 Å². The number of carbonyl (C=O) groups excluding carboxylic acids is 1. The van der Waals surface area contributed by atoms with Crippen molar-refractivity contribution in [2.45, 2.75) is 18.3 Å². The molecule has 0 aliphatic carbocycles. The molecular formula is C18H14F3N5O2. The molecule has 0 radical (unpaired) electrons. The Bertz CT molecular complexity index is 1110. The van der Waals surface area contributed by atoms with Crippen molar-refractivity contribution in [3.05, 3.63) is 60.0 Å². The van der Waals surface area contributed by atoms with Crippen LogP contribution in [0.5, 0.6) is 0 Å². The van der Waals surface area contributed by atoms with E-state index in [0.29, 0.717) is 5.56 Å². The summed E-state index contributed by atoms with van der Waals surface area (Å²) in [6.45, 7) is 0. The lowest BCUT2D eigenvalue weighted by Gasteiger charge is -2.32. The molecule has 0 spiro atoms. The number of aromatic nitrogens is 2. The highest BCUT2D eigenvalue weighted by atomic mass is 19.4. The quantitative estimate of drug-likeness (QED) is 0.626. The second kappa shape index (κ2) is 6.06. The Kier molecular flexibility index (Phi) is 3.89. The van der Waals surface area contributed by atoms with Crippen molar-refractivity contribution in [1.29, 1.82) is 0 Å². The van der Waals surface area contributed by atoms with E-state index in [-0.39, 0.29) is 22.2 Å². The number of hydrogen-bond acceptors (Lipinski definition) is 5. The van der Waals surface area contributed by atoms with Crippen LogP contribution in [0, 0.1) is 0 Å². The molecule has 144 valence electrons. The summed E-state index contributed by atoms with van der Waals surface area (Å²) in [4.78, 5) is 18.6. The first kappa shape index (κ1) is 18.0. The summed E-state index contributed by atoms with van der Waals surface area (Å²) in [5.41, 5.74) is 1.93. The highest BCUT2D eigenvalue weighted by molar-refractivity contribution is 6.07. The number of hydrogen-bond donors (Lipinski definition) is 3. The zero-order chi connectivity index (χ0) is 20.1.